The highest BCUT2D eigenvalue weighted by molar-refractivity contribution is 5.23. The van der Waals surface area contributed by atoms with Crippen LogP contribution in [0.15, 0.2) is 85.0 Å². The Morgan fingerprint density at radius 3 is 2.00 bits per heavy atom. The van der Waals surface area contributed by atoms with Gasteiger partial charge < -0.3 is 0 Å². The van der Waals surface area contributed by atoms with Gasteiger partial charge in [0, 0.05) is 24.5 Å². The van der Waals surface area contributed by atoms with Crippen molar-refractivity contribution < 1.29 is 0 Å². The number of rotatable bonds is 9. The van der Waals surface area contributed by atoms with Crippen molar-refractivity contribution in [3.05, 3.63) is 96.1 Å². The van der Waals surface area contributed by atoms with Crippen molar-refractivity contribution in [1.82, 2.24) is 4.90 Å². The van der Waals surface area contributed by atoms with Gasteiger partial charge in [0.1, 0.15) is 0 Å². The zero-order chi connectivity index (χ0) is 18.4. The van der Waals surface area contributed by atoms with Crippen LogP contribution in [0.3, 0.4) is 0 Å². The Bertz CT molecular complexity index is 686. The van der Waals surface area contributed by atoms with Crippen LogP contribution in [0, 0.1) is 5.41 Å². The first kappa shape index (κ1) is 18.7. The minimum atomic E-state index is 0.273. The maximum atomic E-state index is 4.19. The van der Waals surface area contributed by atoms with Crippen LogP contribution in [-0.2, 0) is 13.1 Å². The lowest BCUT2D eigenvalue weighted by Gasteiger charge is -2.26. The van der Waals surface area contributed by atoms with E-state index < -0.39 is 0 Å². The van der Waals surface area contributed by atoms with E-state index in [-0.39, 0.29) is 5.41 Å². The van der Waals surface area contributed by atoms with Crippen molar-refractivity contribution >= 4 is 0 Å². The fourth-order valence-electron chi connectivity index (χ4n) is 3.93. The Morgan fingerprint density at radius 2 is 1.54 bits per heavy atom. The van der Waals surface area contributed by atoms with Gasteiger partial charge in [-0.25, -0.2) is 0 Å². The molecule has 0 N–H and O–H groups in total. The molecule has 1 heteroatoms. The van der Waals surface area contributed by atoms with Gasteiger partial charge in [0.05, 0.1) is 0 Å². The molecule has 1 saturated carbocycles. The summed E-state index contributed by atoms with van der Waals surface area (Å²) >= 11 is 0. The summed E-state index contributed by atoms with van der Waals surface area (Å²) in [4.78, 5) is 2.65. The fraction of sp³-hybridized carbons (Fsp3) is 0.360. The standard InChI is InChI=1S/C25H31N/c1-4-25(17-11-12-21(2)3)18-24(25)26(19-22-13-7-5-8-14-22)20-23-15-9-6-10-16-23/h4-10,12-16,24H,1,11,17-20H2,2-3H3/t24-,25+/m1/s1. The molecule has 0 radical (unpaired) electrons. The molecule has 0 saturated heterocycles. The zero-order valence-electron chi connectivity index (χ0n) is 16.2. The van der Waals surface area contributed by atoms with Crippen LogP contribution >= 0.6 is 0 Å². The predicted molar refractivity (Wildman–Crippen MR) is 112 cm³/mol. The summed E-state index contributed by atoms with van der Waals surface area (Å²) in [5.74, 6) is 0. The topological polar surface area (TPSA) is 3.24 Å². The van der Waals surface area contributed by atoms with Gasteiger partial charge in [-0.2, -0.15) is 0 Å². The van der Waals surface area contributed by atoms with Gasteiger partial charge >= 0.3 is 0 Å². The summed E-state index contributed by atoms with van der Waals surface area (Å²) in [6.07, 6.45) is 8.16. The molecule has 0 amide bonds. The molecule has 3 rings (SSSR count). The first-order chi connectivity index (χ1) is 12.6. The predicted octanol–water partition coefficient (Wildman–Crippen LogP) is 6.38. The molecule has 2 aromatic carbocycles. The van der Waals surface area contributed by atoms with E-state index in [1.165, 1.54) is 29.5 Å². The van der Waals surface area contributed by atoms with Crippen molar-refractivity contribution in [2.75, 3.05) is 0 Å². The van der Waals surface area contributed by atoms with Crippen molar-refractivity contribution in [2.45, 2.75) is 52.2 Å². The Hall–Kier alpha value is -2.12. The molecule has 0 bridgehead atoms. The average molecular weight is 346 g/mol. The second-order valence-corrected chi connectivity index (χ2v) is 7.85. The molecule has 26 heavy (non-hydrogen) atoms. The van der Waals surface area contributed by atoms with Crippen LogP contribution in [0.4, 0.5) is 0 Å². The number of hydrogen-bond acceptors (Lipinski definition) is 1. The maximum Gasteiger partial charge on any atom is 0.0240 e. The van der Waals surface area contributed by atoms with E-state index in [1.54, 1.807) is 0 Å². The summed E-state index contributed by atoms with van der Waals surface area (Å²) < 4.78 is 0. The minimum Gasteiger partial charge on any atom is -0.291 e. The SMILES string of the molecule is C=C[C@]1(CCC=C(C)C)C[C@H]1N(Cc1ccccc1)Cc1ccccc1. The summed E-state index contributed by atoms with van der Waals surface area (Å²) in [6, 6.07) is 22.3. The van der Waals surface area contributed by atoms with Gasteiger partial charge in [-0.3, -0.25) is 4.90 Å². The summed E-state index contributed by atoms with van der Waals surface area (Å²) in [7, 11) is 0. The normalized spacial score (nSPS) is 21.4. The monoisotopic (exact) mass is 345 g/mol. The maximum absolute atomic E-state index is 4.19. The molecule has 0 unspecified atom stereocenters. The molecular weight excluding hydrogens is 314 g/mol. The van der Waals surface area contributed by atoms with Crippen LogP contribution in [-0.4, -0.2) is 10.9 Å². The second kappa shape index (κ2) is 8.51. The van der Waals surface area contributed by atoms with E-state index in [0.717, 1.165) is 19.5 Å². The van der Waals surface area contributed by atoms with E-state index in [4.69, 9.17) is 0 Å². The molecule has 1 aliphatic carbocycles. The summed E-state index contributed by atoms with van der Waals surface area (Å²) in [6.45, 7) is 10.6. The van der Waals surface area contributed by atoms with E-state index >= 15 is 0 Å². The molecule has 1 aliphatic rings. The van der Waals surface area contributed by atoms with Gasteiger partial charge in [0.2, 0.25) is 0 Å². The van der Waals surface area contributed by atoms with Crippen LogP contribution in [0.5, 0.6) is 0 Å². The van der Waals surface area contributed by atoms with Crippen LogP contribution in [0.25, 0.3) is 0 Å². The minimum absolute atomic E-state index is 0.273. The summed E-state index contributed by atoms with van der Waals surface area (Å²) in [5, 5.41) is 0. The molecule has 1 fully saturated rings. The molecule has 2 atom stereocenters. The molecule has 136 valence electrons. The lowest BCUT2D eigenvalue weighted by atomic mass is 9.98. The third kappa shape index (κ3) is 4.74. The van der Waals surface area contributed by atoms with Gasteiger partial charge in [0.25, 0.3) is 0 Å². The van der Waals surface area contributed by atoms with Crippen molar-refractivity contribution in [3.8, 4) is 0 Å². The first-order valence-corrected chi connectivity index (χ1v) is 9.72. The first-order valence-electron chi connectivity index (χ1n) is 9.72. The van der Waals surface area contributed by atoms with Gasteiger partial charge in [-0.1, -0.05) is 78.4 Å². The van der Waals surface area contributed by atoms with Gasteiger partial charge in [-0.15, -0.1) is 6.58 Å². The summed E-state index contributed by atoms with van der Waals surface area (Å²) in [5.41, 5.74) is 4.46. The molecule has 0 spiro atoms. The Balaban J connectivity index is 1.75. The van der Waals surface area contributed by atoms with Crippen molar-refractivity contribution in [3.63, 3.8) is 0 Å². The third-order valence-corrected chi connectivity index (χ3v) is 5.54. The molecule has 0 aliphatic heterocycles. The smallest absolute Gasteiger partial charge is 0.0240 e. The second-order valence-electron chi connectivity index (χ2n) is 7.85. The quantitative estimate of drug-likeness (QED) is 0.477. The fourth-order valence-corrected chi connectivity index (χ4v) is 3.93. The molecule has 0 aromatic heterocycles. The van der Waals surface area contributed by atoms with Crippen LogP contribution in [0.1, 0.15) is 44.2 Å². The number of allylic oxidation sites excluding steroid dienone is 2. The van der Waals surface area contributed by atoms with E-state index in [2.05, 4.69) is 98.1 Å². The highest BCUT2D eigenvalue weighted by atomic mass is 15.2. The third-order valence-electron chi connectivity index (χ3n) is 5.54. The van der Waals surface area contributed by atoms with Crippen molar-refractivity contribution in [1.29, 1.82) is 0 Å². The Morgan fingerprint density at radius 1 is 1.00 bits per heavy atom. The van der Waals surface area contributed by atoms with E-state index in [0.29, 0.717) is 6.04 Å². The number of hydrogen-bond donors (Lipinski definition) is 0. The average Bonchev–Trinajstić information content (AvgIpc) is 3.37. The highest BCUT2D eigenvalue weighted by Gasteiger charge is 2.53. The molecule has 2 aromatic rings. The molecular formula is C25H31N. The lowest BCUT2D eigenvalue weighted by Crippen LogP contribution is -2.29. The van der Waals surface area contributed by atoms with E-state index in [1.807, 2.05) is 0 Å². The van der Waals surface area contributed by atoms with Gasteiger partial charge in [0.15, 0.2) is 0 Å². The lowest BCUT2D eigenvalue weighted by molar-refractivity contribution is 0.218. The Labute approximate surface area is 159 Å². The van der Waals surface area contributed by atoms with Gasteiger partial charge in [-0.05, 0) is 44.2 Å². The number of benzene rings is 2. The Kier molecular flexibility index (Phi) is 6.11. The largest absolute Gasteiger partial charge is 0.291 e. The van der Waals surface area contributed by atoms with Crippen molar-refractivity contribution in [2.24, 2.45) is 5.41 Å². The highest BCUT2D eigenvalue weighted by Crippen LogP contribution is 2.54. The zero-order valence-corrected chi connectivity index (χ0v) is 16.2. The van der Waals surface area contributed by atoms with Crippen LogP contribution in [0.2, 0.25) is 0 Å². The molecule has 0 heterocycles. The molecule has 1 nitrogen and oxygen atoms in total. The van der Waals surface area contributed by atoms with E-state index in [9.17, 15) is 0 Å². The van der Waals surface area contributed by atoms with Crippen LogP contribution < -0.4 is 0 Å². The number of nitrogens with zero attached hydrogens (tertiary/aromatic N) is 1.